The van der Waals surface area contributed by atoms with Gasteiger partial charge in [0.1, 0.15) is 17.3 Å². The summed E-state index contributed by atoms with van der Waals surface area (Å²) in [5.74, 6) is -0.374. The van der Waals surface area contributed by atoms with Crippen LogP contribution in [0.1, 0.15) is 21.7 Å². The number of amides is 1. The third-order valence-corrected chi connectivity index (χ3v) is 4.28. The van der Waals surface area contributed by atoms with Crippen molar-refractivity contribution in [2.24, 2.45) is 0 Å². The number of aromatic nitrogens is 2. The fourth-order valence-corrected chi connectivity index (χ4v) is 2.88. The maximum absolute atomic E-state index is 14.1. The summed E-state index contributed by atoms with van der Waals surface area (Å²) in [4.78, 5) is 24.7. The van der Waals surface area contributed by atoms with Crippen LogP contribution in [0.15, 0.2) is 59.4 Å². The average Bonchev–Trinajstić information content (AvgIpc) is 2.69. The number of ether oxygens (including phenoxy) is 1. The number of halogens is 1. The number of hydrogen-bond donors (Lipinski definition) is 1. The van der Waals surface area contributed by atoms with Gasteiger partial charge in [-0.3, -0.25) is 9.59 Å². The van der Waals surface area contributed by atoms with Crippen molar-refractivity contribution in [3.8, 4) is 11.4 Å². The zero-order valence-corrected chi connectivity index (χ0v) is 15.6. The topological polar surface area (TPSA) is 73.2 Å². The van der Waals surface area contributed by atoms with E-state index < -0.39 is 17.2 Å². The van der Waals surface area contributed by atoms with Crippen molar-refractivity contribution in [2.45, 2.75) is 13.3 Å². The number of hydrogen-bond acceptors (Lipinski definition) is 4. The van der Waals surface area contributed by atoms with Crippen LogP contribution in [-0.2, 0) is 6.42 Å². The van der Waals surface area contributed by atoms with Gasteiger partial charge in [-0.25, -0.2) is 9.07 Å². The van der Waals surface area contributed by atoms with Gasteiger partial charge < -0.3 is 10.1 Å². The summed E-state index contributed by atoms with van der Waals surface area (Å²) in [5, 5.41) is 6.78. The quantitative estimate of drug-likeness (QED) is 0.713. The molecule has 2 aromatic carbocycles. The van der Waals surface area contributed by atoms with Crippen molar-refractivity contribution < 1.29 is 13.9 Å². The van der Waals surface area contributed by atoms with Crippen LogP contribution in [0.4, 0.5) is 4.39 Å². The highest BCUT2D eigenvalue weighted by Crippen LogP contribution is 2.17. The van der Waals surface area contributed by atoms with Gasteiger partial charge in [0.05, 0.1) is 7.11 Å². The predicted molar refractivity (Wildman–Crippen MR) is 104 cm³/mol. The van der Waals surface area contributed by atoms with Gasteiger partial charge in [0, 0.05) is 18.3 Å². The molecule has 6 nitrogen and oxygen atoms in total. The van der Waals surface area contributed by atoms with Crippen LogP contribution in [0, 0.1) is 12.7 Å². The van der Waals surface area contributed by atoms with E-state index in [0.29, 0.717) is 18.7 Å². The summed E-state index contributed by atoms with van der Waals surface area (Å²) in [7, 11) is 1.58. The van der Waals surface area contributed by atoms with Crippen LogP contribution < -0.4 is 15.5 Å². The Labute approximate surface area is 161 Å². The highest BCUT2D eigenvalue weighted by molar-refractivity contribution is 5.92. The Morgan fingerprint density at radius 3 is 2.64 bits per heavy atom. The Balaban J connectivity index is 1.79. The first-order valence-electron chi connectivity index (χ1n) is 8.77. The van der Waals surface area contributed by atoms with Gasteiger partial charge in [-0.1, -0.05) is 30.3 Å². The van der Waals surface area contributed by atoms with E-state index in [0.717, 1.165) is 11.3 Å². The molecule has 0 unspecified atom stereocenters. The minimum atomic E-state index is -0.606. The van der Waals surface area contributed by atoms with E-state index >= 15 is 0 Å². The zero-order valence-electron chi connectivity index (χ0n) is 15.6. The Morgan fingerprint density at radius 1 is 1.18 bits per heavy atom. The molecular weight excluding hydrogens is 361 g/mol. The van der Waals surface area contributed by atoms with Crippen molar-refractivity contribution in [1.29, 1.82) is 0 Å². The highest BCUT2D eigenvalue weighted by Gasteiger charge is 2.16. The maximum Gasteiger partial charge on any atom is 0.275 e. The van der Waals surface area contributed by atoms with E-state index in [9.17, 15) is 14.0 Å². The third kappa shape index (κ3) is 4.09. The molecule has 1 aromatic heterocycles. The lowest BCUT2D eigenvalue weighted by atomic mass is 10.1. The molecule has 0 saturated carbocycles. The van der Waals surface area contributed by atoms with Gasteiger partial charge in [-0.05, 0) is 37.1 Å². The predicted octanol–water partition coefficient (Wildman–Crippen LogP) is 2.66. The van der Waals surface area contributed by atoms with Gasteiger partial charge in [0.15, 0.2) is 5.69 Å². The van der Waals surface area contributed by atoms with E-state index in [1.165, 1.54) is 22.9 Å². The van der Waals surface area contributed by atoms with Gasteiger partial charge in [-0.15, -0.1) is 0 Å². The summed E-state index contributed by atoms with van der Waals surface area (Å²) in [6.07, 6.45) is 0.531. The second-order valence-electron chi connectivity index (χ2n) is 6.18. The molecule has 0 atom stereocenters. The number of carbonyl (C=O) groups excluding carboxylic acids is 1. The van der Waals surface area contributed by atoms with Crippen molar-refractivity contribution in [1.82, 2.24) is 15.1 Å². The molecule has 1 heterocycles. The maximum atomic E-state index is 14.1. The number of nitrogens with zero attached hydrogens (tertiary/aromatic N) is 2. The SMILES string of the molecule is COc1ccccc1CCNC(=O)c1nn(-c2ccccc2F)c(C)cc1=O. The molecule has 0 aliphatic heterocycles. The van der Waals surface area contributed by atoms with Crippen LogP contribution in [0.5, 0.6) is 5.75 Å². The van der Waals surface area contributed by atoms with Crippen molar-refractivity contribution in [3.63, 3.8) is 0 Å². The van der Waals surface area contributed by atoms with E-state index in [-0.39, 0.29) is 11.4 Å². The molecular formula is C21H20FN3O3. The van der Waals surface area contributed by atoms with E-state index in [1.807, 2.05) is 24.3 Å². The molecule has 144 valence electrons. The molecule has 28 heavy (non-hydrogen) atoms. The largest absolute Gasteiger partial charge is 0.496 e. The van der Waals surface area contributed by atoms with Crippen molar-refractivity contribution >= 4 is 5.91 Å². The number of aryl methyl sites for hydroxylation is 1. The Bertz CT molecular complexity index is 1060. The van der Waals surface area contributed by atoms with E-state index in [2.05, 4.69) is 10.4 Å². The van der Waals surface area contributed by atoms with Gasteiger partial charge in [-0.2, -0.15) is 5.10 Å². The smallest absolute Gasteiger partial charge is 0.275 e. The molecule has 0 bridgehead atoms. The second-order valence-corrected chi connectivity index (χ2v) is 6.18. The lowest BCUT2D eigenvalue weighted by molar-refractivity contribution is 0.0946. The monoisotopic (exact) mass is 381 g/mol. The molecule has 3 aromatic rings. The number of nitrogens with one attached hydrogen (secondary N) is 1. The minimum absolute atomic E-state index is 0.170. The summed E-state index contributed by atoms with van der Waals surface area (Å²) in [6.45, 7) is 1.93. The first kappa shape index (κ1) is 19.3. The molecule has 0 saturated heterocycles. The summed E-state index contributed by atoms with van der Waals surface area (Å²) in [6, 6.07) is 14.8. The van der Waals surface area contributed by atoms with Crippen LogP contribution in [-0.4, -0.2) is 29.3 Å². The fourth-order valence-electron chi connectivity index (χ4n) is 2.88. The van der Waals surface area contributed by atoms with E-state index in [4.69, 9.17) is 4.74 Å². The molecule has 7 heteroatoms. The molecule has 0 aliphatic rings. The minimum Gasteiger partial charge on any atom is -0.496 e. The lowest BCUT2D eigenvalue weighted by Crippen LogP contribution is -2.33. The molecule has 0 aliphatic carbocycles. The van der Waals surface area contributed by atoms with Crippen molar-refractivity contribution in [2.75, 3.05) is 13.7 Å². The number of para-hydroxylation sites is 2. The molecule has 0 radical (unpaired) electrons. The molecule has 0 fully saturated rings. The summed E-state index contributed by atoms with van der Waals surface area (Å²) >= 11 is 0. The molecule has 3 rings (SSSR count). The zero-order chi connectivity index (χ0) is 20.1. The number of rotatable bonds is 6. The van der Waals surface area contributed by atoms with E-state index in [1.54, 1.807) is 26.2 Å². The fraction of sp³-hybridized carbons (Fsp3) is 0.190. The molecule has 1 N–H and O–H groups in total. The van der Waals surface area contributed by atoms with Crippen LogP contribution in [0.25, 0.3) is 5.69 Å². The number of benzene rings is 2. The standard InChI is InChI=1S/C21H20FN3O3/c1-14-13-18(26)20(24-25(14)17-9-5-4-8-16(17)22)21(27)23-12-11-15-7-3-6-10-19(15)28-2/h3-10,13H,11-12H2,1-2H3,(H,23,27). The Kier molecular flexibility index (Phi) is 5.84. The van der Waals surface area contributed by atoms with Gasteiger partial charge in [0.2, 0.25) is 5.43 Å². The number of methoxy groups -OCH3 is 1. The lowest BCUT2D eigenvalue weighted by Gasteiger charge is -2.12. The number of carbonyl (C=O) groups is 1. The first-order chi connectivity index (χ1) is 13.5. The highest BCUT2D eigenvalue weighted by atomic mass is 19.1. The van der Waals surface area contributed by atoms with Gasteiger partial charge in [0.25, 0.3) is 5.91 Å². The normalized spacial score (nSPS) is 10.5. The van der Waals surface area contributed by atoms with Crippen LogP contribution in [0.3, 0.4) is 0 Å². The van der Waals surface area contributed by atoms with Crippen molar-refractivity contribution in [3.05, 3.63) is 87.6 Å². The first-order valence-corrected chi connectivity index (χ1v) is 8.77. The third-order valence-electron chi connectivity index (χ3n) is 4.28. The Morgan fingerprint density at radius 2 is 1.89 bits per heavy atom. The van der Waals surface area contributed by atoms with Crippen LogP contribution in [0.2, 0.25) is 0 Å². The van der Waals surface area contributed by atoms with Gasteiger partial charge >= 0.3 is 0 Å². The molecule has 0 spiro atoms. The summed E-state index contributed by atoms with van der Waals surface area (Å²) < 4.78 is 20.6. The van der Waals surface area contributed by atoms with Crippen LogP contribution >= 0.6 is 0 Å². The molecule has 1 amide bonds. The summed E-state index contributed by atoms with van der Waals surface area (Å²) in [5.41, 5.74) is 0.739. The Hall–Kier alpha value is -3.48. The second kappa shape index (κ2) is 8.47. The average molecular weight is 381 g/mol.